The Hall–Kier alpha value is -2.97. The van der Waals surface area contributed by atoms with E-state index in [1.54, 1.807) is 9.80 Å². The zero-order valence-corrected chi connectivity index (χ0v) is 24.5. The normalized spacial score (nSPS) is 16.0. The van der Waals surface area contributed by atoms with E-state index in [4.69, 9.17) is 35.4 Å². The maximum absolute atomic E-state index is 12.4. The van der Waals surface area contributed by atoms with Crippen molar-refractivity contribution in [3.63, 3.8) is 0 Å². The lowest BCUT2D eigenvalue weighted by molar-refractivity contribution is -0.140. The molecule has 1 unspecified atom stereocenters. The standard InChI is InChI=1S/C25H47N7O11/c26-29-20(25(39)40)1-2-21(33)27-3-11-41-13-15-43-16-14-42-12-4-28-22(34)17-30-5-7-31(18-23(35)36)9-10-32(8-6-30)19-24(37)38/h20,29H,1-19,26H2,(H,27,33)(H,28,34)(H,35,36)(H,37,38)(H,39,40). The average Bonchev–Trinajstić information content (AvgIpc) is 3.02. The minimum atomic E-state index is -1.12. The van der Waals surface area contributed by atoms with Crippen LogP contribution >= 0.6 is 0 Å². The Balaban J connectivity index is 2.09. The molecule has 1 saturated heterocycles. The highest BCUT2D eigenvalue weighted by Crippen LogP contribution is 2.01. The van der Waals surface area contributed by atoms with Gasteiger partial charge in [-0.15, -0.1) is 0 Å². The van der Waals surface area contributed by atoms with Crippen LogP contribution in [0.3, 0.4) is 0 Å². The smallest absolute Gasteiger partial charge is 0.322 e. The van der Waals surface area contributed by atoms with Gasteiger partial charge < -0.3 is 40.2 Å². The molecule has 0 aromatic rings. The highest BCUT2D eigenvalue weighted by molar-refractivity contribution is 5.78. The highest BCUT2D eigenvalue weighted by atomic mass is 16.5. The summed E-state index contributed by atoms with van der Waals surface area (Å²) >= 11 is 0. The van der Waals surface area contributed by atoms with E-state index in [2.05, 4.69) is 16.1 Å². The Morgan fingerprint density at radius 2 is 1.02 bits per heavy atom. The van der Waals surface area contributed by atoms with Gasteiger partial charge in [0.25, 0.3) is 0 Å². The molecule has 0 bridgehead atoms. The minimum absolute atomic E-state index is 0.0243. The van der Waals surface area contributed by atoms with E-state index in [-0.39, 0.29) is 57.4 Å². The van der Waals surface area contributed by atoms with Gasteiger partial charge in [-0.1, -0.05) is 0 Å². The molecule has 0 aromatic heterocycles. The summed E-state index contributed by atoms with van der Waals surface area (Å²) in [6.45, 7) is 5.01. The fourth-order valence-corrected chi connectivity index (χ4v) is 4.01. The molecule has 0 aromatic carbocycles. The van der Waals surface area contributed by atoms with Gasteiger partial charge in [-0.05, 0) is 6.42 Å². The molecule has 1 atom stereocenters. The molecule has 1 aliphatic heterocycles. The summed E-state index contributed by atoms with van der Waals surface area (Å²) in [4.78, 5) is 62.6. The number of carboxylic acids is 3. The van der Waals surface area contributed by atoms with Crippen molar-refractivity contribution in [1.82, 2.24) is 30.8 Å². The Morgan fingerprint density at radius 1 is 0.628 bits per heavy atom. The first kappa shape index (κ1) is 38.1. The number of aliphatic carboxylic acids is 3. The van der Waals surface area contributed by atoms with Crippen LogP contribution in [-0.4, -0.2) is 177 Å². The maximum Gasteiger partial charge on any atom is 0.322 e. The van der Waals surface area contributed by atoms with Gasteiger partial charge in [0.2, 0.25) is 11.8 Å². The van der Waals surface area contributed by atoms with Crippen molar-refractivity contribution in [2.24, 2.45) is 5.84 Å². The number of ether oxygens (including phenoxy) is 3. The number of nitrogens with one attached hydrogen (secondary N) is 3. The third kappa shape index (κ3) is 20.6. The second-order valence-corrected chi connectivity index (χ2v) is 9.75. The monoisotopic (exact) mass is 621 g/mol. The molecule has 248 valence electrons. The van der Waals surface area contributed by atoms with E-state index < -0.39 is 23.9 Å². The molecule has 18 heteroatoms. The molecule has 0 aliphatic carbocycles. The molecular formula is C25H47N7O11. The average molecular weight is 622 g/mol. The summed E-state index contributed by atoms with van der Waals surface area (Å²) in [5.41, 5.74) is 2.13. The Kier molecular flexibility index (Phi) is 20.8. The first-order valence-corrected chi connectivity index (χ1v) is 14.2. The molecule has 8 N–H and O–H groups in total. The second kappa shape index (κ2) is 23.5. The number of hydrogen-bond donors (Lipinski definition) is 7. The predicted molar refractivity (Wildman–Crippen MR) is 151 cm³/mol. The van der Waals surface area contributed by atoms with Crippen LogP contribution in [0.15, 0.2) is 0 Å². The molecule has 1 rings (SSSR count). The van der Waals surface area contributed by atoms with E-state index in [0.717, 1.165) is 0 Å². The molecule has 1 heterocycles. The molecule has 0 spiro atoms. The van der Waals surface area contributed by atoms with Crippen LogP contribution in [0, 0.1) is 0 Å². The van der Waals surface area contributed by atoms with Crippen molar-refractivity contribution in [1.29, 1.82) is 0 Å². The Labute approximate surface area is 250 Å². The van der Waals surface area contributed by atoms with Crippen molar-refractivity contribution in [3.05, 3.63) is 0 Å². The summed E-state index contributed by atoms with van der Waals surface area (Å²) in [7, 11) is 0. The number of nitrogens with zero attached hydrogens (tertiary/aromatic N) is 3. The lowest BCUT2D eigenvalue weighted by atomic mass is 10.1. The lowest BCUT2D eigenvalue weighted by Crippen LogP contribution is -2.43. The van der Waals surface area contributed by atoms with Crippen molar-refractivity contribution in [3.8, 4) is 0 Å². The molecular weight excluding hydrogens is 574 g/mol. The minimum Gasteiger partial charge on any atom is -0.480 e. The number of carboxylic acid groups (broad SMARTS) is 3. The van der Waals surface area contributed by atoms with Crippen molar-refractivity contribution >= 4 is 29.7 Å². The van der Waals surface area contributed by atoms with E-state index >= 15 is 0 Å². The van der Waals surface area contributed by atoms with Gasteiger partial charge in [0, 0.05) is 58.8 Å². The molecule has 0 radical (unpaired) electrons. The van der Waals surface area contributed by atoms with Crippen LogP contribution in [0.5, 0.6) is 0 Å². The van der Waals surface area contributed by atoms with Crippen LogP contribution in [0.4, 0.5) is 0 Å². The van der Waals surface area contributed by atoms with Crippen LogP contribution in [0.2, 0.25) is 0 Å². The Bertz CT molecular complexity index is 824. The van der Waals surface area contributed by atoms with Crippen LogP contribution in [0.25, 0.3) is 0 Å². The summed E-state index contributed by atoms with van der Waals surface area (Å²) in [5, 5.41) is 32.5. The maximum atomic E-state index is 12.4. The van der Waals surface area contributed by atoms with E-state index in [9.17, 15) is 24.0 Å². The summed E-state index contributed by atoms with van der Waals surface area (Å²) in [5.74, 6) is 1.57. The fourth-order valence-electron chi connectivity index (χ4n) is 4.01. The van der Waals surface area contributed by atoms with Crippen molar-refractivity contribution in [2.75, 3.05) is 112 Å². The number of hydrazine groups is 1. The number of carbonyl (C=O) groups is 5. The van der Waals surface area contributed by atoms with Crippen molar-refractivity contribution < 1.29 is 53.5 Å². The van der Waals surface area contributed by atoms with Crippen LogP contribution < -0.4 is 21.9 Å². The third-order valence-corrected chi connectivity index (χ3v) is 6.32. The van der Waals surface area contributed by atoms with Gasteiger partial charge in [0.15, 0.2) is 0 Å². The zero-order valence-electron chi connectivity index (χ0n) is 24.5. The molecule has 2 amide bonds. The molecule has 0 saturated carbocycles. The Morgan fingerprint density at radius 3 is 1.42 bits per heavy atom. The van der Waals surface area contributed by atoms with E-state index in [1.807, 2.05) is 4.90 Å². The summed E-state index contributed by atoms with van der Waals surface area (Å²) < 4.78 is 16.2. The van der Waals surface area contributed by atoms with Gasteiger partial charge in [0.1, 0.15) is 6.04 Å². The number of carbonyl (C=O) groups excluding carboxylic acids is 2. The number of rotatable bonds is 23. The van der Waals surface area contributed by atoms with Gasteiger partial charge >= 0.3 is 17.9 Å². The van der Waals surface area contributed by atoms with Crippen molar-refractivity contribution in [2.45, 2.75) is 18.9 Å². The van der Waals surface area contributed by atoms with Gasteiger partial charge in [-0.25, -0.2) is 5.43 Å². The van der Waals surface area contributed by atoms with Gasteiger partial charge in [-0.2, -0.15) is 0 Å². The largest absolute Gasteiger partial charge is 0.480 e. The van der Waals surface area contributed by atoms with Crippen LogP contribution in [-0.2, 0) is 38.2 Å². The van der Waals surface area contributed by atoms with Gasteiger partial charge in [-0.3, -0.25) is 44.5 Å². The third-order valence-electron chi connectivity index (χ3n) is 6.32. The molecule has 43 heavy (non-hydrogen) atoms. The topological polar surface area (TPSA) is 246 Å². The number of amides is 2. The zero-order chi connectivity index (χ0) is 31.9. The molecule has 18 nitrogen and oxygen atoms in total. The molecule has 1 aliphatic rings. The number of nitrogens with two attached hydrogens (primary N) is 1. The fraction of sp³-hybridized carbons (Fsp3) is 0.800. The number of hydrogen-bond acceptors (Lipinski definition) is 13. The first-order chi connectivity index (χ1) is 20.6. The van der Waals surface area contributed by atoms with E-state index in [0.29, 0.717) is 78.8 Å². The summed E-state index contributed by atoms with van der Waals surface area (Å²) in [6, 6.07) is -0.978. The summed E-state index contributed by atoms with van der Waals surface area (Å²) in [6.07, 6.45) is 0.100. The lowest BCUT2D eigenvalue weighted by Gasteiger charge is -2.24. The second-order valence-electron chi connectivity index (χ2n) is 9.75. The highest BCUT2D eigenvalue weighted by Gasteiger charge is 2.20. The van der Waals surface area contributed by atoms with Gasteiger partial charge in [0.05, 0.1) is 59.3 Å². The van der Waals surface area contributed by atoms with E-state index in [1.165, 1.54) is 0 Å². The van der Waals surface area contributed by atoms with Crippen LogP contribution in [0.1, 0.15) is 12.8 Å². The molecule has 1 fully saturated rings. The first-order valence-electron chi connectivity index (χ1n) is 14.2. The predicted octanol–water partition coefficient (Wildman–Crippen LogP) is -3.95. The SMILES string of the molecule is NNC(CCC(=O)NCCOCCOCCOCCNC(=O)CN1CCN(CC(=O)O)CCN(CC(=O)O)CC1)C(=O)O. The quantitative estimate of drug-likeness (QED) is 0.0327.